The molecule has 0 amide bonds. The van der Waals surface area contributed by atoms with E-state index in [0.29, 0.717) is 13.1 Å². The number of carboxylic acids is 3. The van der Waals surface area contributed by atoms with E-state index in [9.17, 15) is 19.5 Å². The van der Waals surface area contributed by atoms with Crippen molar-refractivity contribution in [1.82, 2.24) is 20.3 Å². The van der Waals surface area contributed by atoms with E-state index in [4.69, 9.17) is 20.4 Å². The molecule has 35 heavy (non-hydrogen) atoms. The Morgan fingerprint density at radius 1 is 0.943 bits per heavy atom. The zero-order chi connectivity index (χ0) is 25.8. The van der Waals surface area contributed by atoms with E-state index in [1.54, 1.807) is 11.3 Å². The number of nitrogens with zero attached hydrogens (tertiary/aromatic N) is 3. The van der Waals surface area contributed by atoms with Gasteiger partial charge < -0.3 is 25.5 Å². The third kappa shape index (κ3) is 8.90. The third-order valence-electron chi connectivity index (χ3n) is 4.70. The van der Waals surface area contributed by atoms with Crippen LogP contribution >= 0.6 is 11.3 Å². The van der Waals surface area contributed by atoms with Gasteiger partial charge in [-0.25, -0.2) is 4.79 Å². The van der Waals surface area contributed by atoms with Crippen LogP contribution in [0.25, 0.3) is 11.3 Å². The SMILES string of the molecule is O=C(O)CC(O)(CC(=O)O)C(=O)O.OCCN(Cc1cccs1)Cc1n[nH]nc1-c1ccccc1. The lowest BCUT2D eigenvalue weighted by Crippen LogP contribution is -2.42. The molecule has 3 rings (SSSR count). The Hall–Kier alpha value is -3.65. The zero-order valence-corrected chi connectivity index (χ0v) is 19.4. The topological polar surface area (TPSA) is 197 Å². The number of thiophene rings is 1. The number of nitrogens with one attached hydrogen (secondary N) is 1. The van der Waals surface area contributed by atoms with Gasteiger partial charge in [0.1, 0.15) is 11.4 Å². The molecule has 2 aromatic heterocycles. The molecule has 3 aromatic rings. The van der Waals surface area contributed by atoms with Gasteiger partial charge in [-0.3, -0.25) is 14.5 Å². The van der Waals surface area contributed by atoms with Crippen molar-refractivity contribution in [1.29, 1.82) is 0 Å². The van der Waals surface area contributed by atoms with Gasteiger partial charge in [-0.1, -0.05) is 36.4 Å². The molecule has 0 aliphatic heterocycles. The summed E-state index contributed by atoms with van der Waals surface area (Å²) in [5, 5.41) is 56.5. The van der Waals surface area contributed by atoms with Crippen molar-refractivity contribution in [2.24, 2.45) is 0 Å². The first-order chi connectivity index (χ1) is 16.6. The van der Waals surface area contributed by atoms with E-state index in [2.05, 4.69) is 31.8 Å². The molecule has 0 saturated heterocycles. The van der Waals surface area contributed by atoms with Crippen LogP contribution in [0.15, 0.2) is 47.8 Å². The number of aliphatic hydroxyl groups excluding tert-OH is 1. The van der Waals surface area contributed by atoms with Crippen molar-refractivity contribution in [2.75, 3.05) is 13.2 Å². The Bertz CT molecular complexity index is 1070. The summed E-state index contributed by atoms with van der Waals surface area (Å²) >= 11 is 1.72. The lowest BCUT2D eigenvalue weighted by molar-refractivity contribution is -0.170. The number of hydrogen-bond donors (Lipinski definition) is 6. The molecule has 0 fully saturated rings. The Morgan fingerprint density at radius 2 is 1.60 bits per heavy atom. The van der Waals surface area contributed by atoms with E-state index in [0.717, 1.165) is 23.5 Å². The number of aromatic amines is 1. The van der Waals surface area contributed by atoms with E-state index in [1.807, 2.05) is 36.4 Å². The van der Waals surface area contributed by atoms with Crippen molar-refractivity contribution < 1.29 is 39.9 Å². The summed E-state index contributed by atoms with van der Waals surface area (Å²) in [6.45, 7) is 2.20. The largest absolute Gasteiger partial charge is 0.481 e. The van der Waals surface area contributed by atoms with Crippen molar-refractivity contribution in [3.63, 3.8) is 0 Å². The number of aliphatic hydroxyl groups is 2. The van der Waals surface area contributed by atoms with Gasteiger partial charge in [0, 0.05) is 30.1 Å². The molecule has 0 radical (unpaired) electrons. The van der Waals surface area contributed by atoms with Crippen LogP contribution in [0.4, 0.5) is 0 Å². The second-order valence-corrected chi connectivity index (χ2v) is 8.51. The van der Waals surface area contributed by atoms with Crippen molar-refractivity contribution >= 4 is 29.2 Å². The number of carbonyl (C=O) groups is 3. The normalized spacial score (nSPS) is 11.1. The van der Waals surface area contributed by atoms with E-state index < -0.39 is 36.4 Å². The van der Waals surface area contributed by atoms with Gasteiger partial charge in [0.2, 0.25) is 0 Å². The van der Waals surface area contributed by atoms with Gasteiger partial charge >= 0.3 is 17.9 Å². The quantitative estimate of drug-likeness (QED) is 0.207. The number of hydrogen-bond acceptors (Lipinski definition) is 9. The van der Waals surface area contributed by atoms with Crippen LogP contribution in [-0.4, -0.2) is 82.5 Å². The average molecular weight is 507 g/mol. The lowest BCUT2D eigenvalue weighted by atomic mass is 9.96. The summed E-state index contributed by atoms with van der Waals surface area (Å²) in [5.41, 5.74) is 0.0785. The number of carboxylic acid groups (broad SMARTS) is 3. The van der Waals surface area contributed by atoms with Crippen LogP contribution in [0.1, 0.15) is 23.4 Å². The minimum absolute atomic E-state index is 0.129. The first-order valence-electron chi connectivity index (χ1n) is 10.3. The molecule has 2 heterocycles. The molecule has 0 spiro atoms. The van der Waals surface area contributed by atoms with Crippen molar-refractivity contribution in [3.8, 4) is 11.3 Å². The number of aliphatic carboxylic acids is 3. The maximum absolute atomic E-state index is 10.3. The fourth-order valence-corrected chi connectivity index (χ4v) is 3.84. The number of benzene rings is 1. The van der Waals surface area contributed by atoms with Crippen LogP contribution < -0.4 is 0 Å². The Morgan fingerprint density at radius 3 is 2.11 bits per heavy atom. The van der Waals surface area contributed by atoms with E-state index in [1.165, 1.54) is 4.88 Å². The molecule has 0 aliphatic carbocycles. The van der Waals surface area contributed by atoms with Crippen LogP contribution in [0.5, 0.6) is 0 Å². The fourth-order valence-electron chi connectivity index (χ4n) is 3.09. The molecule has 0 bridgehead atoms. The first kappa shape index (κ1) is 27.6. The van der Waals surface area contributed by atoms with Gasteiger partial charge in [0.25, 0.3) is 0 Å². The highest BCUT2D eigenvalue weighted by atomic mass is 32.1. The predicted octanol–water partition coefficient (Wildman–Crippen LogP) is 1.28. The molecule has 0 saturated carbocycles. The maximum atomic E-state index is 10.3. The molecule has 0 aliphatic rings. The third-order valence-corrected chi connectivity index (χ3v) is 5.56. The summed E-state index contributed by atoms with van der Waals surface area (Å²) in [6.07, 6.45) is -2.29. The lowest BCUT2D eigenvalue weighted by Gasteiger charge is -2.19. The summed E-state index contributed by atoms with van der Waals surface area (Å²) in [5.74, 6) is -5.02. The standard InChI is InChI=1S/C16H18N4OS.C6H8O7/c21-9-8-20(11-14-7-4-10-22-14)12-15-16(18-19-17-15)13-5-2-1-3-6-13;7-3(8)1-6(13,5(11)12)2-4(9)10/h1-7,10,21H,8-9,11-12H2,(H,17,18,19);13H,1-2H2,(H,7,8)(H,9,10)(H,11,12). The van der Waals surface area contributed by atoms with Crippen LogP contribution in [-0.2, 0) is 27.5 Å². The van der Waals surface area contributed by atoms with Crippen LogP contribution in [0.2, 0.25) is 0 Å². The summed E-state index contributed by atoms with van der Waals surface area (Å²) in [7, 11) is 0. The molecule has 12 nitrogen and oxygen atoms in total. The number of H-pyrrole nitrogens is 1. The number of aromatic nitrogens is 3. The van der Waals surface area contributed by atoms with E-state index >= 15 is 0 Å². The monoisotopic (exact) mass is 506 g/mol. The van der Waals surface area contributed by atoms with Gasteiger partial charge in [-0.15, -0.1) is 11.3 Å². The highest BCUT2D eigenvalue weighted by Crippen LogP contribution is 2.21. The molecular formula is C22H26N4O8S. The zero-order valence-electron chi connectivity index (χ0n) is 18.6. The van der Waals surface area contributed by atoms with E-state index in [-0.39, 0.29) is 6.61 Å². The molecule has 13 heteroatoms. The van der Waals surface area contributed by atoms with Crippen molar-refractivity contribution in [2.45, 2.75) is 31.5 Å². The second-order valence-electron chi connectivity index (χ2n) is 7.48. The molecule has 6 N–H and O–H groups in total. The maximum Gasteiger partial charge on any atom is 0.336 e. The van der Waals surface area contributed by atoms with Crippen LogP contribution in [0.3, 0.4) is 0 Å². The van der Waals surface area contributed by atoms with Gasteiger partial charge in [0.05, 0.1) is 19.4 Å². The molecule has 188 valence electrons. The summed E-state index contributed by atoms with van der Waals surface area (Å²) < 4.78 is 0. The van der Waals surface area contributed by atoms with Gasteiger partial charge in [0.15, 0.2) is 5.60 Å². The number of rotatable bonds is 12. The van der Waals surface area contributed by atoms with Crippen molar-refractivity contribution in [3.05, 3.63) is 58.4 Å². The Kier molecular flexibility index (Phi) is 10.5. The van der Waals surface area contributed by atoms with Gasteiger partial charge in [-0.05, 0) is 11.4 Å². The smallest absolute Gasteiger partial charge is 0.336 e. The highest BCUT2D eigenvalue weighted by Gasteiger charge is 2.40. The minimum Gasteiger partial charge on any atom is -0.481 e. The fraction of sp³-hybridized carbons (Fsp3) is 0.318. The summed E-state index contributed by atoms with van der Waals surface area (Å²) in [6, 6.07) is 14.2. The molecule has 1 aromatic carbocycles. The summed E-state index contributed by atoms with van der Waals surface area (Å²) in [4.78, 5) is 33.9. The predicted molar refractivity (Wildman–Crippen MR) is 124 cm³/mol. The first-order valence-corrected chi connectivity index (χ1v) is 11.2. The average Bonchev–Trinajstić information content (AvgIpc) is 3.46. The second kappa shape index (κ2) is 13.3. The van der Waals surface area contributed by atoms with Crippen LogP contribution in [0, 0.1) is 0 Å². The molecular weight excluding hydrogens is 480 g/mol. The Labute approximate surface area is 204 Å². The Balaban J connectivity index is 0.000000287. The molecule has 0 atom stereocenters. The minimum atomic E-state index is -2.74. The molecule has 0 unspecified atom stereocenters. The van der Waals surface area contributed by atoms with Gasteiger partial charge in [-0.2, -0.15) is 15.4 Å². The highest BCUT2D eigenvalue weighted by molar-refractivity contribution is 7.09.